The number of methoxy groups -OCH3 is 1. The second-order valence-electron chi connectivity index (χ2n) is 9.64. The van der Waals surface area contributed by atoms with Gasteiger partial charge < -0.3 is 14.8 Å². The van der Waals surface area contributed by atoms with Crippen LogP contribution in [0.3, 0.4) is 0 Å². The van der Waals surface area contributed by atoms with E-state index in [0.29, 0.717) is 24.5 Å². The Balaban J connectivity index is 1.36. The van der Waals surface area contributed by atoms with Crippen LogP contribution in [0.4, 0.5) is 4.39 Å². The van der Waals surface area contributed by atoms with E-state index >= 15 is 0 Å². The van der Waals surface area contributed by atoms with Crippen molar-refractivity contribution in [2.24, 2.45) is 5.92 Å². The third-order valence-corrected chi connectivity index (χ3v) is 7.65. The number of fused-ring (bicyclic) bond motifs is 1. The molecule has 0 aromatic heterocycles. The lowest BCUT2D eigenvalue weighted by Crippen LogP contribution is -2.52. The van der Waals surface area contributed by atoms with E-state index in [2.05, 4.69) is 34.5 Å². The summed E-state index contributed by atoms with van der Waals surface area (Å²) < 4.78 is 26.3. The first kappa shape index (κ1) is 24.3. The zero-order valence-electron chi connectivity index (χ0n) is 20.7. The number of carbonyl (C=O) groups excluding carboxylic acids is 1. The quantitative estimate of drug-likeness (QED) is 0.460. The first-order chi connectivity index (χ1) is 17.7. The van der Waals surface area contributed by atoms with E-state index in [-0.39, 0.29) is 23.8 Å². The summed E-state index contributed by atoms with van der Waals surface area (Å²) in [5.41, 5.74) is 4.08. The van der Waals surface area contributed by atoms with Gasteiger partial charge in [0.25, 0.3) is 5.91 Å². The van der Waals surface area contributed by atoms with E-state index in [1.165, 1.54) is 11.1 Å². The van der Waals surface area contributed by atoms with Crippen molar-refractivity contribution in [3.63, 3.8) is 0 Å². The molecule has 3 aromatic carbocycles. The Morgan fingerprint density at radius 1 is 1.03 bits per heavy atom. The summed E-state index contributed by atoms with van der Waals surface area (Å²) in [6.07, 6.45) is 1.82. The highest BCUT2D eigenvalue weighted by atomic mass is 19.1. The number of alkyl halides is 1. The Morgan fingerprint density at radius 2 is 1.81 bits per heavy atom. The molecule has 0 unspecified atom stereocenters. The minimum Gasteiger partial charge on any atom is -0.497 e. The van der Waals surface area contributed by atoms with E-state index in [1.54, 1.807) is 13.2 Å². The van der Waals surface area contributed by atoms with Gasteiger partial charge in [-0.15, -0.1) is 0 Å². The fraction of sp³-hybridized carbons (Fsp3) is 0.367. The summed E-state index contributed by atoms with van der Waals surface area (Å²) in [6, 6.07) is 23.9. The zero-order chi connectivity index (χ0) is 24.9. The van der Waals surface area contributed by atoms with Gasteiger partial charge in [-0.05, 0) is 66.3 Å². The maximum atomic E-state index is 14.7. The molecule has 6 heteroatoms. The van der Waals surface area contributed by atoms with Crippen LogP contribution in [-0.2, 0) is 13.0 Å². The Labute approximate surface area is 212 Å². The third kappa shape index (κ3) is 5.24. The maximum Gasteiger partial charge on any atom is 0.252 e. The van der Waals surface area contributed by atoms with Crippen molar-refractivity contribution in [1.29, 1.82) is 0 Å². The second-order valence-corrected chi connectivity index (χ2v) is 9.64. The van der Waals surface area contributed by atoms with Crippen molar-refractivity contribution in [1.82, 2.24) is 10.2 Å². The molecule has 0 spiro atoms. The molecule has 2 aliphatic heterocycles. The molecule has 0 aliphatic carbocycles. The highest BCUT2D eigenvalue weighted by Crippen LogP contribution is 2.38. The minimum atomic E-state index is -0.429. The van der Waals surface area contributed by atoms with E-state index in [0.717, 1.165) is 37.2 Å². The summed E-state index contributed by atoms with van der Waals surface area (Å²) in [7, 11) is 1.66. The van der Waals surface area contributed by atoms with Crippen LogP contribution in [0, 0.1) is 5.92 Å². The predicted molar refractivity (Wildman–Crippen MR) is 138 cm³/mol. The van der Waals surface area contributed by atoms with Crippen molar-refractivity contribution in [2.45, 2.75) is 31.3 Å². The summed E-state index contributed by atoms with van der Waals surface area (Å²) in [5, 5.41) is 2.84. The van der Waals surface area contributed by atoms with Crippen molar-refractivity contribution in [2.75, 3.05) is 33.5 Å². The van der Waals surface area contributed by atoms with Crippen molar-refractivity contribution in [3.05, 3.63) is 95.1 Å². The number of rotatable bonds is 9. The molecule has 1 amide bonds. The highest BCUT2D eigenvalue weighted by molar-refractivity contribution is 5.98. The van der Waals surface area contributed by atoms with Gasteiger partial charge in [0, 0.05) is 30.6 Å². The third-order valence-electron chi connectivity index (χ3n) is 7.65. The van der Waals surface area contributed by atoms with E-state index in [4.69, 9.17) is 9.47 Å². The molecule has 1 fully saturated rings. The number of nitrogens with zero attached hydrogens (tertiary/aromatic N) is 1. The number of hydrogen-bond donors (Lipinski definition) is 1. The van der Waals surface area contributed by atoms with Gasteiger partial charge in [-0.3, -0.25) is 9.69 Å². The summed E-state index contributed by atoms with van der Waals surface area (Å²) >= 11 is 0. The average Bonchev–Trinajstić information content (AvgIpc) is 3.30. The Hall–Kier alpha value is -3.38. The average molecular weight is 489 g/mol. The molecular formula is C30H33FN2O3. The molecule has 1 saturated heterocycles. The van der Waals surface area contributed by atoms with Crippen molar-refractivity contribution < 1.29 is 18.7 Å². The van der Waals surface area contributed by atoms with Gasteiger partial charge in [-0.25, -0.2) is 4.39 Å². The maximum absolute atomic E-state index is 14.7. The smallest absolute Gasteiger partial charge is 0.252 e. The number of ether oxygens (including phenoxy) is 2. The Bertz CT molecular complexity index is 1170. The fourth-order valence-corrected chi connectivity index (χ4v) is 5.60. The molecule has 188 valence electrons. The number of benzene rings is 3. The lowest BCUT2D eigenvalue weighted by Gasteiger charge is -2.44. The number of amides is 1. The lowest BCUT2D eigenvalue weighted by molar-refractivity contribution is 0.0327. The van der Waals surface area contributed by atoms with Crippen LogP contribution in [0.5, 0.6) is 11.5 Å². The zero-order valence-corrected chi connectivity index (χ0v) is 20.7. The van der Waals surface area contributed by atoms with Gasteiger partial charge in [-0.1, -0.05) is 48.5 Å². The fourth-order valence-electron chi connectivity index (χ4n) is 5.60. The summed E-state index contributed by atoms with van der Waals surface area (Å²) in [6.45, 7) is 2.16. The van der Waals surface area contributed by atoms with Crippen molar-refractivity contribution in [3.8, 4) is 11.5 Å². The van der Waals surface area contributed by atoms with Crippen LogP contribution in [0.25, 0.3) is 0 Å². The summed E-state index contributed by atoms with van der Waals surface area (Å²) in [5.74, 6) is 1.53. The second kappa shape index (κ2) is 11.1. The van der Waals surface area contributed by atoms with Gasteiger partial charge in [0.15, 0.2) is 0 Å². The molecule has 0 bridgehead atoms. The van der Waals surface area contributed by atoms with Gasteiger partial charge in [0.1, 0.15) is 18.2 Å². The number of halogens is 1. The standard InChI is InChI=1S/C30H33FN2O3/c1-35-24-10-7-22(8-11-24)26-14-16-33(15-13-21-5-3-2-4-6-21)29(18-31)28(26)20-36-25-12-9-23-19-32-30(34)27(23)17-25/h2-12,17,26,28-29H,13-16,18-20H2,1H3,(H,32,34)/t26-,28-,29+/m0/s1. The van der Waals surface area contributed by atoms with E-state index in [1.807, 2.05) is 42.5 Å². The van der Waals surface area contributed by atoms with Crippen LogP contribution >= 0.6 is 0 Å². The van der Waals surface area contributed by atoms with Gasteiger partial charge in [-0.2, -0.15) is 0 Å². The number of likely N-dealkylation sites (tertiary alicyclic amines) is 1. The minimum absolute atomic E-state index is 0.0324. The molecule has 36 heavy (non-hydrogen) atoms. The largest absolute Gasteiger partial charge is 0.497 e. The summed E-state index contributed by atoms with van der Waals surface area (Å²) in [4.78, 5) is 14.4. The number of hydrogen-bond acceptors (Lipinski definition) is 4. The van der Waals surface area contributed by atoms with E-state index in [9.17, 15) is 9.18 Å². The predicted octanol–water partition coefficient (Wildman–Crippen LogP) is 5.00. The first-order valence-corrected chi connectivity index (χ1v) is 12.7. The van der Waals surface area contributed by atoms with Gasteiger partial charge >= 0.3 is 0 Å². The molecule has 3 aromatic rings. The number of carbonyl (C=O) groups is 1. The highest BCUT2D eigenvalue weighted by Gasteiger charge is 2.39. The Kier molecular flexibility index (Phi) is 7.52. The number of nitrogens with one attached hydrogen (secondary N) is 1. The van der Waals surface area contributed by atoms with Crippen LogP contribution < -0.4 is 14.8 Å². The molecule has 5 nitrogen and oxygen atoms in total. The van der Waals surface area contributed by atoms with Crippen LogP contribution in [0.15, 0.2) is 72.8 Å². The molecule has 2 heterocycles. The van der Waals surface area contributed by atoms with Crippen molar-refractivity contribution >= 4 is 5.91 Å². The normalized spacial score (nSPS) is 21.6. The molecule has 2 aliphatic rings. The SMILES string of the molecule is COc1ccc([C@@H]2CCN(CCc3ccccc3)[C@H](CF)[C@H]2COc2ccc3c(c2)C(=O)NC3)cc1. The van der Waals surface area contributed by atoms with Crippen LogP contribution in [0.1, 0.15) is 39.4 Å². The molecule has 0 saturated carbocycles. The van der Waals surface area contributed by atoms with Gasteiger partial charge in [0.2, 0.25) is 0 Å². The van der Waals surface area contributed by atoms with Crippen LogP contribution in [0.2, 0.25) is 0 Å². The van der Waals surface area contributed by atoms with E-state index < -0.39 is 6.67 Å². The first-order valence-electron chi connectivity index (χ1n) is 12.7. The Morgan fingerprint density at radius 3 is 2.56 bits per heavy atom. The molecule has 0 radical (unpaired) electrons. The molecular weight excluding hydrogens is 455 g/mol. The lowest BCUT2D eigenvalue weighted by atomic mass is 9.76. The molecule has 3 atom stereocenters. The monoisotopic (exact) mass is 488 g/mol. The molecule has 1 N–H and O–H groups in total. The van der Waals surface area contributed by atoms with Crippen LogP contribution in [-0.4, -0.2) is 50.3 Å². The number of piperidine rings is 1. The molecule has 5 rings (SSSR count). The van der Waals surface area contributed by atoms with Gasteiger partial charge in [0.05, 0.1) is 13.7 Å². The topological polar surface area (TPSA) is 50.8 Å².